The molecule has 2 aromatic carbocycles. The second-order valence-corrected chi connectivity index (χ2v) is 9.32. The van der Waals surface area contributed by atoms with E-state index in [1.54, 1.807) is 37.7 Å². The Morgan fingerprint density at radius 1 is 1.09 bits per heavy atom. The molecule has 6 heteroatoms. The van der Waals surface area contributed by atoms with E-state index < -0.39 is 0 Å². The van der Waals surface area contributed by atoms with Gasteiger partial charge in [0.2, 0.25) is 0 Å². The van der Waals surface area contributed by atoms with Crippen LogP contribution in [0.3, 0.4) is 0 Å². The van der Waals surface area contributed by atoms with Crippen molar-refractivity contribution in [1.29, 1.82) is 0 Å². The fraction of sp³-hybridized carbons (Fsp3) is 0.259. The Morgan fingerprint density at radius 2 is 1.94 bits per heavy atom. The third-order valence-electron chi connectivity index (χ3n) is 6.03. The second-order valence-electron chi connectivity index (χ2n) is 8.37. The van der Waals surface area contributed by atoms with E-state index in [-0.39, 0.29) is 11.9 Å². The molecule has 2 heterocycles. The molecule has 5 nitrogen and oxygen atoms in total. The van der Waals surface area contributed by atoms with Crippen LogP contribution in [0, 0.1) is 6.92 Å². The van der Waals surface area contributed by atoms with Gasteiger partial charge in [-0.1, -0.05) is 24.3 Å². The molecule has 2 aromatic heterocycles. The summed E-state index contributed by atoms with van der Waals surface area (Å²) in [4.78, 5) is 21.9. The molecule has 0 unspecified atom stereocenters. The number of hydrogen-bond donors (Lipinski definition) is 0. The zero-order chi connectivity index (χ0) is 22.9. The van der Waals surface area contributed by atoms with Crippen LogP contribution in [0.1, 0.15) is 34.3 Å². The number of carbonyl (C=O) groups excluding carboxylic acids is 1. The van der Waals surface area contributed by atoms with Crippen molar-refractivity contribution in [2.75, 3.05) is 14.2 Å². The smallest absolute Gasteiger partial charge is 0.258 e. The second kappa shape index (κ2) is 8.87. The van der Waals surface area contributed by atoms with E-state index in [9.17, 15) is 4.79 Å². The molecular formula is C27H26N2O3S. The van der Waals surface area contributed by atoms with Crippen LogP contribution < -0.4 is 9.47 Å². The molecule has 0 N–H and O–H groups in total. The van der Waals surface area contributed by atoms with Crippen molar-refractivity contribution in [3.63, 3.8) is 0 Å². The van der Waals surface area contributed by atoms with E-state index in [2.05, 4.69) is 42.6 Å². The lowest BCUT2D eigenvalue weighted by molar-refractivity contribution is 0.0726. The number of pyridine rings is 1. The summed E-state index contributed by atoms with van der Waals surface area (Å²) in [6.45, 7) is 2.57. The van der Waals surface area contributed by atoms with Gasteiger partial charge in [0, 0.05) is 18.0 Å². The summed E-state index contributed by atoms with van der Waals surface area (Å²) in [5.41, 5.74) is 4.67. The number of fused-ring (bicyclic) bond motifs is 1. The molecule has 1 saturated carbocycles. The van der Waals surface area contributed by atoms with Crippen LogP contribution in [0.5, 0.6) is 11.5 Å². The SMILES string of the molecule is COc1cccc(C(=O)N(Cc2cc3ccc(C)cc3nc2-c2cccs2)C2CC2)c1OC. The molecule has 33 heavy (non-hydrogen) atoms. The molecule has 4 aromatic rings. The predicted molar refractivity (Wildman–Crippen MR) is 132 cm³/mol. The van der Waals surface area contributed by atoms with Gasteiger partial charge in [-0.3, -0.25) is 4.79 Å². The summed E-state index contributed by atoms with van der Waals surface area (Å²) in [5.74, 6) is 0.983. The van der Waals surface area contributed by atoms with Gasteiger partial charge in [0.05, 0.1) is 35.9 Å². The van der Waals surface area contributed by atoms with Crippen molar-refractivity contribution in [3.05, 3.63) is 76.7 Å². The van der Waals surface area contributed by atoms with Gasteiger partial charge in [-0.25, -0.2) is 4.98 Å². The molecule has 0 spiro atoms. The van der Waals surface area contributed by atoms with Gasteiger partial charge in [0.15, 0.2) is 11.5 Å². The highest BCUT2D eigenvalue weighted by atomic mass is 32.1. The van der Waals surface area contributed by atoms with E-state index in [0.717, 1.165) is 39.9 Å². The number of ether oxygens (including phenoxy) is 2. The molecule has 0 aliphatic heterocycles. The highest BCUT2D eigenvalue weighted by Gasteiger charge is 2.35. The topological polar surface area (TPSA) is 51.7 Å². The first kappa shape index (κ1) is 21.5. The Morgan fingerprint density at radius 3 is 2.64 bits per heavy atom. The molecule has 5 rings (SSSR count). The quantitative estimate of drug-likeness (QED) is 0.336. The molecule has 168 valence electrons. The van der Waals surface area contributed by atoms with Crippen molar-refractivity contribution in [3.8, 4) is 22.1 Å². The maximum absolute atomic E-state index is 13.8. The van der Waals surface area contributed by atoms with Crippen LogP contribution >= 0.6 is 11.3 Å². The van der Waals surface area contributed by atoms with Gasteiger partial charge < -0.3 is 14.4 Å². The number of para-hydroxylation sites is 1. The first-order valence-corrected chi connectivity index (χ1v) is 11.9. The average molecular weight is 459 g/mol. The highest BCUT2D eigenvalue weighted by Crippen LogP contribution is 2.37. The van der Waals surface area contributed by atoms with Crippen molar-refractivity contribution in [2.45, 2.75) is 32.4 Å². The summed E-state index contributed by atoms with van der Waals surface area (Å²) in [6, 6.07) is 18.3. The van der Waals surface area contributed by atoms with Gasteiger partial charge >= 0.3 is 0 Å². The van der Waals surface area contributed by atoms with Crippen LogP contribution in [0.4, 0.5) is 0 Å². The number of carbonyl (C=O) groups is 1. The minimum Gasteiger partial charge on any atom is -0.493 e. The monoisotopic (exact) mass is 458 g/mol. The van der Waals surface area contributed by atoms with E-state index in [1.165, 1.54) is 5.56 Å². The summed E-state index contributed by atoms with van der Waals surface area (Å²) in [5, 5.41) is 3.14. The molecule has 0 radical (unpaired) electrons. The van der Waals surface area contributed by atoms with E-state index in [0.29, 0.717) is 23.6 Å². The molecule has 1 fully saturated rings. The average Bonchev–Trinajstić information content (AvgIpc) is 3.53. The molecule has 1 aliphatic carbocycles. The van der Waals surface area contributed by atoms with Gasteiger partial charge in [0.25, 0.3) is 5.91 Å². The highest BCUT2D eigenvalue weighted by molar-refractivity contribution is 7.13. The number of hydrogen-bond acceptors (Lipinski definition) is 5. The van der Waals surface area contributed by atoms with E-state index >= 15 is 0 Å². The summed E-state index contributed by atoms with van der Waals surface area (Å²) in [7, 11) is 3.15. The lowest BCUT2D eigenvalue weighted by atomic mass is 10.0. The van der Waals surface area contributed by atoms with Gasteiger partial charge in [-0.2, -0.15) is 0 Å². The zero-order valence-corrected chi connectivity index (χ0v) is 19.8. The number of aryl methyl sites for hydroxylation is 1. The Hall–Kier alpha value is -3.38. The Bertz CT molecular complexity index is 1310. The maximum atomic E-state index is 13.8. The Kier molecular flexibility index (Phi) is 5.77. The number of thiophene rings is 1. The molecule has 0 atom stereocenters. The van der Waals surface area contributed by atoms with Gasteiger partial charge in [-0.15, -0.1) is 11.3 Å². The molecular weight excluding hydrogens is 432 g/mol. The van der Waals surface area contributed by atoms with E-state index in [1.807, 2.05) is 17.0 Å². The maximum Gasteiger partial charge on any atom is 0.258 e. The number of amides is 1. The van der Waals surface area contributed by atoms with Crippen LogP contribution in [0.15, 0.2) is 60.0 Å². The Labute approximate surface area is 197 Å². The van der Waals surface area contributed by atoms with Crippen molar-refractivity contribution < 1.29 is 14.3 Å². The molecule has 1 aliphatic rings. The third kappa shape index (κ3) is 4.18. The largest absolute Gasteiger partial charge is 0.493 e. The molecule has 0 bridgehead atoms. The van der Waals surface area contributed by atoms with Gasteiger partial charge in [-0.05, 0) is 66.6 Å². The fourth-order valence-corrected chi connectivity index (χ4v) is 4.96. The van der Waals surface area contributed by atoms with Crippen LogP contribution in [-0.2, 0) is 6.54 Å². The van der Waals surface area contributed by atoms with E-state index in [4.69, 9.17) is 14.5 Å². The normalized spacial score (nSPS) is 13.2. The predicted octanol–water partition coefficient (Wildman–Crippen LogP) is 6.09. The number of nitrogens with zero attached hydrogens (tertiary/aromatic N) is 2. The molecule has 0 saturated heterocycles. The third-order valence-corrected chi connectivity index (χ3v) is 6.91. The number of aromatic nitrogens is 1. The number of rotatable bonds is 7. The van der Waals surface area contributed by atoms with Crippen LogP contribution in [0.25, 0.3) is 21.5 Å². The molecule has 1 amide bonds. The standard InChI is InChI=1S/C27H26N2O3S/c1-17-9-10-18-15-19(25(28-22(18)14-17)24-8-5-13-33-24)16-29(20-11-12-20)27(30)21-6-4-7-23(31-2)26(21)32-3/h4-10,13-15,20H,11-12,16H2,1-3H3. The first-order chi connectivity index (χ1) is 16.1. The van der Waals surface area contributed by atoms with Crippen LogP contribution in [-0.4, -0.2) is 36.1 Å². The number of benzene rings is 2. The first-order valence-electron chi connectivity index (χ1n) is 11.0. The van der Waals surface area contributed by atoms with Crippen molar-refractivity contribution in [2.24, 2.45) is 0 Å². The van der Waals surface area contributed by atoms with Gasteiger partial charge in [0.1, 0.15) is 0 Å². The Balaban J connectivity index is 1.58. The number of methoxy groups -OCH3 is 2. The fourth-order valence-electron chi connectivity index (χ4n) is 4.21. The summed E-state index contributed by atoms with van der Waals surface area (Å²) in [6.07, 6.45) is 2.01. The van der Waals surface area contributed by atoms with Crippen LogP contribution in [0.2, 0.25) is 0 Å². The lowest BCUT2D eigenvalue weighted by Gasteiger charge is -2.25. The minimum atomic E-state index is -0.0469. The van der Waals surface area contributed by atoms with Crippen molar-refractivity contribution >= 4 is 28.1 Å². The summed E-state index contributed by atoms with van der Waals surface area (Å²) >= 11 is 1.67. The lowest BCUT2D eigenvalue weighted by Crippen LogP contribution is -2.33. The summed E-state index contributed by atoms with van der Waals surface area (Å²) < 4.78 is 11.0. The zero-order valence-electron chi connectivity index (χ0n) is 19.0. The minimum absolute atomic E-state index is 0.0469. The van der Waals surface area contributed by atoms with Crippen molar-refractivity contribution in [1.82, 2.24) is 9.88 Å².